The van der Waals surface area contributed by atoms with Gasteiger partial charge in [0.15, 0.2) is 23.7 Å². The van der Waals surface area contributed by atoms with Crippen LogP contribution in [0.5, 0.6) is 11.5 Å². The Morgan fingerprint density at radius 2 is 2.05 bits per heavy atom. The van der Waals surface area contributed by atoms with Crippen LogP contribution >= 0.6 is 0 Å². The highest BCUT2D eigenvalue weighted by Gasteiger charge is 2.69. The minimum absolute atomic E-state index is 0.0372. The molecule has 0 amide bonds. The number of ether oxygens (including phenoxy) is 5. The van der Waals surface area contributed by atoms with Gasteiger partial charge in [0.25, 0.3) is 0 Å². The van der Waals surface area contributed by atoms with Crippen molar-refractivity contribution in [3.63, 3.8) is 0 Å². The molecular weight excluding hydrogens is 486 g/mol. The highest BCUT2D eigenvalue weighted by molar-refractivity contribution is 5.66. The average molecular weight is 520 g/mol. The van der Waals surface area contributed by atoms with E-state index in [0.29, 0.717) is 17.9 Å². The van der Waals surface area contributed by atoms with Crippen LogP contribution in [0.25, 0.3) is 0 Å². The van der Waals surface area contributed by atoms with Crippen molar-refractivity contribution in [2.24, 2.45) is 5.92 Å². The number of hydrogen-bond donors (Lipinski definition) is 4. The van der Waals surface area contributed by atoms with Gasteiger partial charge in [0, 0.05) is 24.4 Å². The van der Waals surface area contributed by atoms with E-state index >= 15 is 0 Å². The van der Waals surface area contributed by atoms with Gasteiger partial charge in [-0.25, -0.2) is 0 Å². The van der Waals surface area contributed by atoms with Crippen molar-refractivity contribution in [2.75, 3.05) is 27.3 Å². The molecule has 1 aromatic rings. The fourth-order valence-corrected chi connectivity index (χ4v) is 7.17. The van der Waals surface area contributed by atoms with E-state index in [1.54, 1.807) is 7.11 Å². The molecule has 10 atom stereocenters. The predicted octanol–water partition coefficient (Wildman–Crippen LogP) is -0.784. The number of esters is 1. The molecule has 11 nitrogen and oxygen atoms in total. The van der Waals surface area contributed by atoms with Crippen molar-refractivity contribution in [2.45, 2.75) is 73.8 Å². The van der Waals surface area contributed by atoms with Crippen LogP contribution in [0.3, 0.4) is 0 Å². The lowest BCUT2D eigenvalue weighted by Crippen LogP contribution is -2.70. The van der Waals surface area contributed by atoms with Crippen molar-refractivity contribution in [3.8, 4) is 11.5 Å². The van der Waals surface area contributed by atoms with Gasteiger partial charge in [0.1, 0.15) is 18.3 Å². The number of carbonyl (C=O) groups is 1. The first-order valence-electron chi connectivity index (χ1n) is 12.6. The van der Waals surface area contributed by atoms with Crippen molar-refractivity contribution in [1.82, 2.24) is 4.90 Å². The molecule has 37 heavy (non-hydrogen) atoms. The third kappa shape index (κ3) is 3.42. The Balaban J connectivity index is 1.43. The molecule has 11 heteroatoms. The second-order valence-corrected chi connectivity index (χ2v) is 10.7. The maximum atomic E-state index is 12.1. The third-order valence-corrected chi connectivity index (χ3v) is 8.83. The van der Waals surface area contributed by atoms with Gasteiger partial charge in [-0.1, -0.05) is 12.1 Å². The first-order valence-corrected chi connectivity index (χ1v) is 12.6. The highest BCUT2D eigenvalue weighted by atomic mass is 16.8. The molecule has 2 aliphatic carbocycles. The molecule has 202 valence electrons. The van der Waals surface area contributed by atoms with E-state index in [-0.39, 0.29) is 12.0 Å². The van der Waals surface area contributed by atoms with Crippen LogP contribution in [-0.2, 0) is 30.8 Å². The second kappa shape index (κ2) is 8.63. The van der Waals surface area contributed by atoms with E-state index < -0.39 is 60.6 Å². The van der Waals surface area contributed by atoms with E-state index in [9.17, 15) is 25.2 Å². The molecule has 0 unspecified atom stereocenters. The minimum atomic E-state index is -2.05. The molecule has 0 saturated carbocycles. The van der Waals surface area contributed by atoms with E-state index in [0.717, 1.165) is 31.0 Å². The summed E-state index contributed by atoms with van der Waals surface area (Å²) < 4.78 is 29.2. The molecule has 0 radical (unpaired) electrons. The molecule has 2 fully saturated rings. The van der Waals surface area contributed by atoms with E-state index in [2.05, 4.69) is 18.0 Å². The molecular formula is C26H33NO10. The fraction of sp³-hybridized carbons (Fsp3) is 0.654. The van der Waals surface area contributed by atoms with E-state index in [1.165, 1.54) is 6.08 Å². The summed E-state index contributed by atoms with van der Waals surface area (Å²) in [5, 5.41) is 42.8. The topological polar surface area (TPSA) is 147 Å². The van der Waals surface area contributed by atoms with E-state index in [1.807, 2.05) is 12.1 Å². The summed E-state index contributed by atoms with van der Waals surface area (Å²) in [7, 11) is 3.67. The van der Waals surface area contributed by atoms with Gasteiger partial charge in [0.2, 0.25) is 12.1 Å². The number of nitrogens with zero attached hydrogens (tertiary/aromatic N) is 1. The Morgan fingerprint density at radius 3 is 2.76 bits per heavy atom. The largest absolute Gasteiger partial charge is 0.493 e. The van der Waals surface area contributed by atoms with Crippen LogP contribution in [-0.4, -0.2) is 107 Å². The number of benzene rings is 1. The standard InChI is InChI=1S/C26H33NO10/c1-12(29)34-22-20(31)19(30)17(11-28)35-23(22)37-26(32)7-6-14-15-10-13-4-5-16(33-3)21-18(13)25(14,24(26)36-21)8-9-27(15)2/h4-7,14-15,17,19-20,22-24,28,30-32H,8-11H2,1-3H3/t14-,15+,17+,19-,20-,22+,23-,24+,25-,26-/m0/s1. The summed E-state index contributed by atoms with van der Waals surface area (Å²) >= 11 is 0. The minimum Gasteiger partial charge on any atom is -0.493 e. The van der Waals surface area contributed by atoms with Gasteiger partial charge >= 0.3 is 5.97 Å². The molecule has 3 heterocycles. The Bertz CT molecular complexity index is 1130. The van der Waals surface area contributed by atoms with Crippen LogP contribution in [0.4, 0.5) is 0 Å². The Labute approximate surface area is 214 Å². The lowest BCUT2D eigenvalue weighted by molar-refractivity contribution is -0.368. The number of likely N-dealkylation sites (N-methyl/N-ethyl adjacent to an activating group) is 1. The van der Waals surface area contributed by atoms with Gasteiger partial charge in [-0.3, -0.25) is 4.79 Å². The van der Waals surface area contributed by atoms with Crippen molar-refractivity contribution >= 4 is 5.97 Å². The number of hydrogen-bond acceptors (Lipinski definition) is 11. The maximum absolute atomic E-state index is 12.1. The number of rotatable bonds is 5. The van der Waals surface area contributed by atoms with Crippen LogP contribution in [0.15, 0.2) is 24.3 Å². The molecule has 0 aromatic heterocycles. The normalized spacial score (nSPS) is 43.6. The summed E-state index contributed by atoms with van der Waals surface area (Å²) in [5.74, 6) is -1.61. The Morgan fingerprint density at radius 1 is 1.27 bits per heavy atom. The maximum Gasteiger partial charge on any atom is 0.303 e. The first kappa shape index (κ1) is 25.1. The second-order valence-electron chi connectivity index (χ2n) is 10.7. The summed E-state index contributed by atoms with van der Waals surface area (Å²) in [4.78, 5) is 14.1. The molecule has 2 bridgehead atoms. The Kier molecular flexibility index (Phi) is 5.85. The monoisotopic (exact) mass is 519 g/mol. The van der Waals surface area contributed by atoms with Gasteiger partial charge in [-0.2, -0.15) is 0 Å². The molecule has 6 rings (SSSR count). The predicted molar refractivity (Wildman–Crippen MR) is 126 cm³/mol. The van der Waals surface area contributed by atoms with E-state index in [4.69, 9.17) is 23.7 Å². The molecule has 4 N–H and O–H groups in total. The summed E-state index contributed by atoms with van der Waals surface area (Å²) in [5.41, 5.74) is 1.54. The number of carbonyl (C=O) groups excluding carboxylic acids is 1. The molecule has 1 spiro atoms. The quantitative estimate of drug-likeness (QED) is 0.221. The van der Waals surface area contributed by atoms with Crippen molar-refractivity contribution < 1.29 is 48.9 Å². The van der Waals surface area contributed by atoms with Gasteiger partial charge in [-0.15, -0.1) is 0 Å². The zero-order valence-electron chi connectivity index (χ0n) is 20.9. The number of aliphatic hydroxyl groups excluding tert-OH is 3. The Hall–Kier alpha value is -2.25. The average Bonchev–Trinajstić information content (AvgIpc) is 3.23. The molecule has 5 aliphatic rings. The van der Waals surface area contributed by atoms with Crippen LogP contribution in [0.2, 0.25) is 0 Å². The summed E-state index contributed by atoms with van der Waals surface area (Å²) in [6.45, 7) is 1.32. The number of piperidine rings is 1. The van der Waals surface area contributed by atoms with Gasteiger partial charge < -0.3 is 49.0 Å². The first-order chi connectivity index (χ1) is 17.6. The smallest absolute Gasteiger partial charge is 0.303 e. The van der Waals surface area contributed by atoms with Crippen molar-refractivity contribution in [3.05, 3.63) is 35.4 Å². The van der Waals surface area contributed by atoms with Gasteiger partial charge in [0.05, 0.1) is 19.1 Å². The molecule has 2 saturated heterocycles. The third-order valence-electron chi connectivity index (χ3n) is 8.83. The number of likely N-dealkylation sites (tertiary alicyclic amines) is 1. The highest BCUT2D eigenvalue weighted by Crippen LogP contribution is 2.64. The summed E-state index contributed by atoms with van der Waals surface area (Å²) in [6.07, 6.45) is -3.19. The van der Waals surface area contributed by atoms with Crippen LogP contribution in [0, 0.1) is 5.92 Å². The lowest BCUT2D eigenvalue weighted by atomic mass is 9.52. The lowest BCUT2D eigenvalue weighted by Gasteiger charge is -2.58. The number of methoxy groups -OCH3 is 1. The van der Waals surface area contributed by atoms with Crippen LogP contribution < -0.4 is 9.47 Å². The van der Waals surface area contributed by atoms with Crippen LogP contribution in [0.1, 0.15) is 24.5 Å². The summed E-state index contributed by atoms with van der Waals surface area (Å²) in [6, 6.07) is 4.12. The number of aliphatic hydroxyl groups is 4. The van der Waals surface area contributed by atoms with Gasteiger partial charge in [-0.05, 0) is 44.1 Å². The zero-order valence-corrected chi connectivity index (χ0v) is 20.9. The fourth-order valence-electron chi connectivity index (χ4n) is 7.17. The zero-order chi connectivity index (χ0) is 26.3. The van der Waals surface area contributed by atoms with Crippen molar-refractivity contribution in [1.29, 1.82) is 0 Å². The SMILES string of the molecule is COc1ccc2c3c1O[C@@H]1[C@]34CCN(C)[C@H](C2)[C@@H]4C=C[C@]1(O)O[C@@H]1O[C@H](CO)[C@H](O)[C@H](O)[C@H]1OC(C)=O. The molecule has 1 aromatic carbocycles. The molecule has 3 aliphatic heterocycles.